The molecule has 0 atom stereocenters. The van der Waals surface area contributed by atoms with Gasteiger partial charge in [0.05, 0.1) is 0 Å². The molecule has 77 heavy (non-hydrogen) atoms. The molecular formula is C72H45GeN3O. The molecule has 358 valence electrons. The SMILES string of the molecule is c1ccc(N2c3cccc4[c]3[Ge]3([c]5ccccc5)[c]5c2cccc5N(c2ccccc2)c2cc(-c5c6ccccc6c(-c6ccc7oc8cc9ccccc9cc8c7c6)c6ccccc56)cc([c]23)N4c2ccccc2)cc1. The second kappa shape index (κ2) is 16.2. The molecule has 0 fully saturated rings. The van der Waals surface area contributed by atoms with E-state index in [0.717, 1.165) is 44.6 Å². The Hall–Kier alpha value is -9.62. The first-order valence-electron chi connectivity index (χ1n) is 26.6. The number of benzene rings is 13. The fourth-order valence-electron chi connectivity index (χ4n) is 13.9. The summed E-state index contributed by atoms with van der Waals surface area (Å²) in [5, 5.41) is 9.47. The number of para-hydroxylation sites is 3. The van der Waals surface area contributed by atoms with Crippen molar-refractivity contribution < 1.29 is 4.42 Å². The number of hydrogen-bond donors (Lipinski definition) is 0. The summed E-state index contributed by atoms with van der Waals surface area (Å²) in [7, 11) is 0. The second-order valence-corrected chi connectivity index (χ2v) is 28.2. The van der Waals surface area contributed by atoms with E-state index in [1.54, 1.807) is 0 Å². The maximum atomic E-state index is 6.57. The van der Waals surface area contributed by atoms with E-state index in [4.69, 9.17) is 4.42 Å². The number of furan rings is 1. The van der Waals surface area contributed by atoms with Gasteiger partial charge in [0.25, 0.3) is 0 Å². The molecule has 0 radical (unpaired) electrons. The van der Waals surface area contributed by atoms with Crippen LogP contribution in [0, 0.1) is 0 Å². The van der Waals surface area contributed by atoms with Crippen molar-refractivity contribution in [2.24, 2.45) is 0 Å². The minimum absolute atomic E-state index is 0.893. The Bertz CT molecular complexity index is 4590. The molecule has 13 aromatic carbocycles. The molecule has 0 N–H and O–H groups in total. The van der Waals surface area contributed by atoms with Crippen LogP contribution >= 0.6 is 0 Å². The van der Waals surface area contributed by atoms with Crippen LogP contribution in [0.15, 0.2) is 277 Å². The van der Waals surface area contributed by atoms with Gasteiger partial charge in [-0.3, -0.25) is 0 Å². The first-order valence-corrected chi connectivity index (χ1v) is 30.8. The Kier molecular flexibility index (Phi) is 8.98. The Balaban J connectivity index is 1.01. The third kappa shape index (κ3) is 5.88. The van der Waals surface area contributed by atoms with Crippen molar-refractivity contribution in [1.29, 1.82) is 0 Å². The summed E-state index contributed by atoms with van der Waals surface area (Å²) in [5.41, 5.74) is 17.4. The van der Waals surface area contributed by atoms with Crippen molar-refractivity contribution in [2.75, 3.05) is 14.7 Å². The zero-order chi connectivity index (χ0) is 50.3. The van der Waals surface area contributed by atoms with Crippen molar-refractivity contribution >= 4 is 136 Å². The van der Waals surface area contributed by atoms with Gasteiger partial charge in [0.15, 0.2) is 0 Å². The fourth-order valence-corrected chi connectivity index (χ4v) is 26.0. The van der Waals surface area contributed by atoms with E-state index in [-0.39, 0.29) is 0 Å². The van der Waals surface area contributed by atoms with E-state index in [1.165, 1.54) is 101 Å². The average Bonchev–Trinajstić information content (AvgIpc) is 3.28. The summed E-state index contributed by atoms with van der Waals surface area (Å²) in [6, 6.07) is 102. The summed E-state index contributed by atoms with van der Waals surface area (Å²) >= 11 is -4.10. The van der Waals surface area contributed by atoms with Crippen molar-refractivity contribution in [2.45, 2.75) is 0 Å². The van der Waals surface area contributed by atoms with Gasteiger partial charge in [0, 0.05) is 0 Å². The van der Waals surface area contributed by atoms with E-state index in [1.807, 2.05) is 0 Å². The fraction of sp³-hybridized carbons (Fsp3) is 0. The molecular weight excluding hydrogens is 995 g/mol. The molecule has 0 spiro atoms. The van der Waals surface area contributed by atoms with Gasteiger partial charge in [0.2, 0.25) is 0 Å². The van der Waals surface area contributed by atoms with Gasteiger partial charge in [0.1, 0.15) is 5.58 Å². The zero-order valence-corrected chi connectivity index (χ0v) is 43.8. The summed E-state index contributed by atoms with van der Waals surface area (Å²) in [4.78, 5) is 7.76. The monoisotopic (exact) mass is 1040 g/mol. The Morgan fingerprint density at radius 3 is 1.14 bits per heavy atom. The molecule has 0 unspecified atom stereocenters. The number of fused-ring (bicyclic) bond motifs is 6. The normalized spacial score (nSPS) is 13.7. The van der Waals surface area contributed by atoms with Crippen molar-refractivity contribution in [3.8, 4) is 22.3 Å². The molecule has 0 saturated heterocycles. The predicted octanol–water partition coefficient (Wildman–Crippen LogP) is 17.1. The summed E-state index contributed by atoms with van der Waals surface area (Å²) in [6.07, 6.45) is 0. The van der Waals surface area contributed by atoms with E-state index >= 15 is 0 Å². The standard InChI is InChI=1S/C72H45GeN3O/c1-5-23-50(24-6-1)73-70-60-35-19-37-62(70)75(52-27-9-3-10-28-52)64-43-49(44-65(72(64)73)76(53-29-11-4-12-30-53)63-38-20-36-61(71(63)73)74(60)51-25-7-2-8-26-51)69-56-33-17-15-31-54(56)68(55-32-16-18-34-57(55)69)48-39-40-66-58(42-48)59-41-46-21-13-14-22-47(46)45-67(59)77-66/h1-45H. The molecule has 4 heterocycles. The third-order valence-corrected chi connectivity index (χ3v) is 27.3. The molecule has 0 aliphatic carbocycles. The van der Waals surface area contributed by atoms with Crippen LogP contribution in [-0.4, -0.2) is 13.3 Å². The topological polar surface area (TPSA) is 22.9 Å². The molecule has 0 bridgehead atoms. The number of nitrogens with zero attached hydrogens (tertiary/aromatic N) is 3. The van der Waals surface area contributed by atoms with Crippen molar-refractivity contribution in [3.63, 3.8) is 0 Å². The van der Waals surface area contributed by atoms with Crippen LogP contribution in [0.3, 0.4) is 0 Å². The summed E-state index contributed by atoms with van der Waals surface area (Å²) in [6.45, 7) is 0. The van der Waals surface area contributed by atoms with E-state index < -0.39 is 13.3 Å². The van der Waals surface area contributed by atoms with Gasteiger partial charge >= 0.3 is 393 Å². The van der Waals surface area contributed by atoms with Crippen molar-refractivity contribution in [1.82, 2.24) is 0 Å². The van der Waals surface area contributed by atoms with Crippen LogP contribution in [0.1, 0.15) is 0 Å². The Morgan fingerprint density at radius 1 is 0.260 bits per heavy atom. The van der Waals surface area contributed by atoms with Gasteiger partial charge in [-0.05, 0) is 22.9 Å². The minimum atomic E-state index is -4.10. The molecule has 17 rings (SSSR count). The maximum absolute atomic E-state index is 6.57. The molecule has 3 aliphatic heterocycles. The second-order valence-electron chi connectivity index (χ2n) is 20.7. The van der Waals surface area contributed by atoms with Crippen LogP contribution in [0.4, 0.5) is 51.2 Å². The van der Waals surface area contributed by atoms with Gasteiger partial charge < -0.3 is 4.42 Å². The number of rotatable bonds is 6. The first kappa shape index (κ1) is 42.7. The van der Waals surface area contributed by atoms with Crippen LogP contribution in [0.5, 0.6) is 0 Å². The molecule has 4 nitrogen and oxygen atoms in total. The van der Waals surface area contributed by atoms with Crippen LogP contribution in [-0.2, 0) is 0 Å². The van der Waals surface area contributed by atoms with E-state index in [0.29, 0.717) is 0 Å². The zero-order valence-electron chi connectivity index (χ0n) is 41.7. The summed E-state index contributed by atoms with van der Waals surface area (Å²) in [5.74, 6) is 0. The van der Waals surface area contributed by atoms with E-state index in [2.05, 4.69) is 288 Å². The van der Waals surface area contributed by atoms with Gasteiger partial charge in [-0.15, -0.1) is 0 Å². The average molecular weight is 1040 g/mol. The van der Waals surface area contributed by atoms with Gasteiger partial charge in [-0.25, -0.2) is 0 Å². The number of anilines is 9. The summed E-state index contributed by atoms with van der Waals surface area (Å²) < 4.78 is 12.4. The Morgan fingerprint density at radius 2 is 0.649 bits per heavy atom. The molecule has 3 aliphatic rings. The van der Waals surface area contributed by atoms with Crippen LogP contribution < -0.4 is 32.3 Å². The molecule has 5 heteroatoms. The Labute approximate surface area is 447 Å². The van der Waals surface area contributed by atoms with Crippen LogP contribution in [0.25, 0.3) is 76.5 Å². The van der Waals surface area contributed by atoms with E-state index in [9.17, 15) is 0 Å². The number of hydrogen-bond acceptors (Lipinski definition) is 4. The third-order valence-electron chi connectivity index (χ3n) is 16.8. The van der Waals surface area contributed by atoms with Crippen LogP contribution in [0.2, 0.25) is 0 Å². The predicted molar refractivity (Wildman–Crippen MR) is 325 cm³/mol. The first-order chi connectivity index (χ1) is 38.2. The molecule has 0 saturated carbocycles. The molecule has 0 amide bonds. The quantitative estimate of drug-likeness (QED) is 0.122. The molecule has 1 aromatic heterocycles. The van der Waals surface area contributed by atoms with Gasteiger partial charge in [-0.1, -0.05) is 24.3 Å². The molecule has 14 aromatic rings. The van der Waals surface area contributed by atoms with Crippen molar-refractivity contribution in [3.05, 3.63) is 273 Å². The van der Waals surface area contributed by atoms with Gasteiger partial charge in [-0.2, -0.15) is 0 Å².